The second kappa shape index (κ2) is 6.06. The lowest BCUT2D eigenvalue weighted by Gasteiger charge is -2.12. The van der Waals surface area contributed by atoms with Gasteiger partial charge >= 0.3 is 0 Å². The second-order valence-electron chi connectivity index (χ2n) is 4.76. The van der Waals surface area contributed by atoms with E-state index in [1.165, 1.54) is 13.2 Å². The number of ether oxygens (including phenoxy) is 1. The Morgan fingerprint density at radius 3 is 2.52 bits per heavy atom. The number of carbonyl (C=O) groups is 1. The summed E-state index contributed by atoms with van der Waals surface area (Å²) < 4.78 is 5.22. The van der Waals surface area contributed by atoms with Crippen LogP contribution in [0.2, 0.25) is 5.02 Å². The highest BCUT2D eigenvalue weighted by Gasteiger charge is 2.12. The molecule has 0 aromatic heterocycles. The molecule has 0 radical (unpaired) electrons. The molecule has 21 heavy (non-hydrogen) atoms. The van der Waals surface area contributed by atoms with Gasteiger partial charge in [-0.1, -0.05) is 11.6 Å². The van der Waals surface area contributed by atoms with E-state index in [2.05, 4.69) is 5.32 Å². The highest BCUT2D eigenvalue weighted by Crippen LogP contribution is 2.31. The Bertz CT molecular complexity index is 698. The molecule has 0 unspecified atom stereocenters. The van der Waals surface area contributed by atoms with Gasteiger partial charge in [0.2, 0.25) is 0 Å². The van der Waals surface area contributed by atoms with Gasteiger partial charge < -0.3 is 15.2 Å². The molecular weight excluding hydrogens is 290 g/mol. The van der Waals surface area contributed by atoms with Crippen molar-refractivity contribution in [3.05, 3.63) is 52.0 Å². The fourth-order valence-electron chi connectivity index (χ4n) is 1.92. The lowest BCUT2D eigenvalue weighted by atomic mass is 10.1. The number of hydrogen-bond donors (Lipinski definition) is 2. The highest BCUT2D eigenvalue weighted by molar-refractivity contribution is 6.31. The number of halogens is 1. The van der Waals surface area contributed by atoms with Crippen LogP contribution in [0.4, 0.5) is 5.69 Å². The highest BCUT2D eigenvalue weighted by atomic mass is 35.5. The number of phenolic OH excluding ortho intramolecular Hbond substituents is 1. The number of aromatic hydroxyl groups is 1. The van der Waals surface area contributed by atoms with E-state index in [0.717, 1.165) is 5.56 Å². The molecule has 0 bridgehead atoms. The third-order valence-electron chi connectivity index (χ3n) is 3.19. The molecule has 2 aromatic rings. The number of phenols is 1. The number of benzene rings is 2. The number of anilines is 1. The van der Waals surface area contributed by atoms with Crippen LogP contribution < -0.4 is 10.1 Å². The van der Waals surface area contributed by atoms with Crippen LogP contribution in [0, 0.1) is 13.8 Å². The van der Waals surface area contributed by atoms with Crippen LogP contribution in [0.25, 0.3) is 0 Å². The van der Waals surface area contributed by atoms with E-state index in [1.54, 1.807) is 31.2 Å². The summed E-state index contributed by atoms with van der Waals surface area (Å²) in [7, 11) is 1.52. The van der Waals surface area contributed by atoms with E-state index >= 15 is 0 Å². The predicted molar refractivity (Wildman–Crippen MR) is 83.5 cm³/mol. The van der Waals surface area contributed by atoms with Gasteiger partial charge in [-0.3, -0.25) is 4.79 Å². The zero-order chi connectivity index (χ0) is 15.6. The first-order valence-electron chi connectivity index (χ1n) is 6.37. The van der Waals surface area contributed by atoms with Gasteiger partial charge in [0.15, 0.2) is 0 Å². The Hall–Kier alpha value is -2.20. The minimum Gasteiger partial charge on any atom is -0.508 e. The Morgan fingerprint density at radius 1 is 1.19 bits per heavy atom. The van der Waals surface area contributed by atoms with Crippen LogP contribution in [-0.4, -0.2) is 18.1 Å². The van der Waals surface area contributed by atoms with E-state index in [-0.39, 0.29) is 11.7 Å². The maximum absolute atomic E-state index is 12.3. The Balaban J connectivity index is 2.31. The van der Waals surface area contributed by atoms with Crippen LogP contribution in [0.3, 0.4) is 0 Å². The summed E-state index contributed by atoms with van der Waals surface area (Å²) in [4.78, 5) is 12.3. The molecular formula is C16H16ClNO3. The summed E-state index contributed by atoms with van der Waals surface area (Å²) in [5.41, 5.74) is 2.49. The molecule has 4 nitrogen and oxygen atoms in total. The van der Waals surface area contributed by atoms with Gasteiger partial charge in [-0.15, -0.1) is 0 Å². The summed E-state index contributed by atoms with van der Waals surface area (Å²) >= 11 is 6.04. The van der Waals surface area contributed by atoms with Crippen molar-refractivity contribution in [1.29, 1.82) is 0 Å². The number of hydrogen-bond acceptors (Lipinski definition) is 3. The number of nitrogens with one attached hydrogen (secondary N) is 1. The van der Waals surface area contributed by atoms with Crippen molar-refractivity contribution in [2.24, 2.45) is 0 Å². The lowest BCUT2D eigenvalue weighted by Crippen LogP contribution is -2.13. The van der Waals surface area contributed by atoms with Crippen molar-refractivity contribution in [1.82, 2.24) is 0 Å². The van der Waals surface area contributed by atoms with Gasteiger partial charge in [-0.05, 0) is 49.2 Å². The van der Waals surface area contributed by atoms with Crippen LogP contribution in [-0.2, 0) is 0 Å². The average molecular weight is 306 g/mol. The van der Waals surface area contributed by atoms with E-state index in [4.69, 9.17) is 16.3 Å². The molecule has 0 fully saturated rings. The van der Waals surface area contributed by atoms with E-state index < -0.39 is 0 Å². The molecule has 0 spiro atoms. The van der Waals surface area contributed by atoms with Gasteiger partial charge in [0.1, 0.15) is 11.5 Å². The van der Waals surface area contributed by atoms with Crippen LogP contribution in [0.5, 0.6) is 11.5 Å². The largest absolute Gasteiger partial charge is 0.508 e. The number of methoxy groups -OCH3 is 1. The fourth-order valence-corrected chi connectivity index (χ4v) is 2.07. The number of rotatable bonds is 3. The minimum atomic E-state index is -0.280. The quantitative estimate of drug-likeness (QED) is 0.903. The van der Waals surface area contributed by atoms with E-state index in [9.17, 15) is 9.90 Å². The van der Waals surface area contributed by atoms with Crippen LogP contribution in [0.15, 0.2) is 30.3 Å². The van der Waals surface area contributed by atoms with Crippen LogP contribution in [0.1, 0.15) is 21.5 Å². The second-order valence-corrected chi connectivity index (χ2v) is 5.16. The molecule has 0 atom stereocenters. The summed E-state index contributed by atoms with van der Waals surface area (Å²) in [6, 6.07) is 8.10. The lowest BCUT2D eigenvalue weighted by molar-refractivity contribution is 0.102. The third-order valence-corrected chi connectivity index (χ3v) is 3.60. The number of amides is 1. The molecule has 0 aliphatic heterocycles. The first kappa shape index (κ1) is 15.2. The van der Waals surface area contributed by atoms with E-state index in [0.29, 0.717) is 27.6 Å². The van der Waals surface area contributed by atoms with Crippen molar-refractivity contribution in [2.75, 3.05) is 12.4 Å². The molecule has 2 rings (SSSR count). The number of carbonyl (C=O) groups excluding carboxylic acids is 1. The zero-order valence-corrected chi connectivity index (χ0v) is 12.8. The van der Waals surface area contributed by atoms with Gasteiger partial charge in [-0.25, -0.2) is 0 Å². The smallest absolute Gasteiger partial charge is 0.255 e. The Labute approximate surface area is 128 Å². The molecule has 2 aromatic carbocycles. The van der Waals surface area contributed by atoms with Crippen molar-refractivity contribution in [3.8, 4) is 11.5 Å². The van der Waals surface area contributed by atoms with Crippen LogP contribution >= 0.6 is 11.6 Å². The molecule has 2 N–H and O–H groups in total. The Kier molecular flexibility index (Phi) is 4.38. The zero-order valence-electron chi connectivity index (χ0n) is 12.0. The first-order chi connectivity index (χ1) is 9.92. The molecule has 0 aliphatic rings. The maximum atomic E-state index is 12.3. The SMILES string of the molecule is COc1cc(Cl)c(C)cc1NC(=O)c1ccc(O)c(C)c1. The van der Waals surface area contributed by atoms with Crippen molar-refractivity contribution < 1.29 is 14.6 Å². The Morgan fingerprint density at radius 2 is 1.90 bits per heavy atom. The molecule has 0 aliphatic carbocycles. The van der Waals surface area contributed by atoms with Gasteiger partial charge in [0.25, 0.3) is 5.91 Å². The van der Waals surface area contributed by atoms with Crippen molar-refractivity contribution >= 4 is 23.2 Å². The summed E-state index contributed by atoms with van der Waals surface area (Å²) in [5.74, 6) is 0.374. The fraction of sp³-hybridized carbons (Fsp3) is 0.188. The summed E-state index contributed by atoms with van der Waals surface area (Å²) in [6.07, 6.45) is 0. The summed E-state index contributed by atoms with van der Waals surface area (Å²) in [5, 5.41) is 12.9. The topological polar surface area (TPSA) is 58.6 Å². The molecule has 5 heteroatoms. The average Bonchev–Trinajstić information content (AvgIpc) is 2.45. The van der Waals surface area contributed by atoms with Crippen molar-refractivity contribution in [3.63, 3.8) is 0 Å². The van der Waals surface area contributed by atoms with Gasteiger partial charge in [0.05, 0.1) is 12.8 Å². The maximum Gasteiger partial charge on any atom is 0.255 e. The molecule has 110 valence electrons. The molecule has 0 saturated carbocycles. The number of aryl methyl sites for hydroxylation is 2. The van der Waals surface area contributed by atoms with E-state index in [1.807, 2.05) is 6.92 Å². The standard InChI is InChI=1S/C16H16ClNO3/c1-9-7-13(15(21-3)8-12(9)17)18-16(20)11-4-5-14(19)10(2)6-11/h4-8,19H,1-3H3,(H,18,20). The predicted octanol–water partition coefficient (Wildman–Crippen LogP) is 3.92. The first-order valence-corrected chi connectivity index (χ1v) is 6.75. The molecule has 0 heterocycles. The summed E-state index contributed by atoms with van der Waals surface area (Å²) in [6.45, 7) is 3.58. The third kappa shape index (κ3) is 3.28. The minimum absolute atomic E-state index is 0.159. The van der Waals surface area contributed by atoms with Gasteiger partial charge in [0, 0.05) is 16.7 Å². The molecule has 0 saturated heterocycles. The molecule has 1 amide bonds. The van der Waals surface area contributed by atoms with Crippen molar-refractivity contribution in [2.45, 2.75) is 13.8 Å². The van der Waals surface area contributed by atoms with Gasteiger partial charge in [-0.2, -0.15) is 0 Å². The normalized spacial score (nSPS) is 10.3. The monoisotopic (exact) mass is 305 g/mol.